The van der Waals surface area contributed by atoms with Crippen LogP contribution in [0.3, 0.4) is 0 Å². The molecule has 3 unspecified atom stereocenters. The van der Waals surface area contributed by atoms with E-state index in [1.54, 1.807) is 0 Å². The molecule has 3 rings (SSSR count). The quantitative estimate of drug-likeness (QED) is 0.921. The first-order valence-corrected chi connectivity index (χ1v) is 7.73. The van der Waals surface area contributed by atoms with Crippen LogP contribution >= 0.6 is 0 Å². The fourth-order valence-electron chi connectivity index (χ4n) is 3.40. The second kappa shape index (κ2) is 5.74. The highest BCUT2D eigenvalue weighted by atomic mass is 16.5. The van der Waals surface area contributed by atoms with Gasteiger partial charge in [0.15, 0.2) is 0 Å². The van der Waals surface area contributed by atoms with Gasteiger partial charge >= 0.3 is 0 Å². The van der Waals surface area contributed by atoms with Crippen LogP contribution in [0.2, 0.25) is 0 Å². The number of ether oxygens (including phenoxy) is 2. The summed E-state index contributed by atoms with van der Waals surface area (Å²) < 4.78 is 11.6. The topological polar surface area (TPSA) is 38.7 Å². The normalized spacial score (nSPS) is 31.2. The molecule has 2 aliphatic rings. The highest BCUT2D eigenvalue weighted by Gasteiger charge is 2.38. The minimum atomic E-state index is -0.404. The molecule has 2 heterocycles. The van der Waals surface area contributed by atoms with Crippen molar-refractivity contribution in [3.63, 3.8) is 0 Å². The molecule has 3 heteroatoms. The highest BCUT2D eigenvalue weighted by Crippen LogP contribution is 2.39. The molecule has 110 valence electrons. The Morgan fingerprint density at radius 2 is 2.15 bits per heavy atom. The van der Waals surface area contributed by atoms with Gasteiger partial charge in [-0.3, -0.25) is 0 Å². The van der Waals surface area contributed by atoms with Gasteiger partial charge in [0.2, 0.25) is 0 Å². The van der Waals surface area contributed by atoms with Gasteiger partial charge in [-0.05, 0) is 56.6 Å². The van der Waals surface area contributed by atoms with Crippen LogP contribution in [0.25, 0.3) is 0 Å². The maximum absolute atomic E-state index is 10.6. The van der Waals surface area contributed by atoms with Crippen LogP contribution < -0.4 is 4.74 Å². The van der Waals surface area contributed by atoms with E-state index in [-0.39, 0.29) is 5.60 Å². The number of para-hydroxylation sites is 1. The zero-order chi connectivity index (χ0) is 14.0. The molecule has 1 aromatic carbocycles. The number of hydrogen-bond acceptors (Lipinski definition) is 3. The standard InChI is InChI=1S/C17H24O3/c1-17(9-4-5-10-20-17)16(18)12-13-8-11-19-15-7-3-2-6-14(13)15/h2-3,6-7,13,16,18H,4-5,8-12H2,1H3. The van der Waals surface area contributed by atoms with Crippen molar-refractivity contribution in [2.24, 2.45) is 0 Å². The minimum absolute atomic E-state index is 0.370. The smallest absolute Gasteiger partial charge is 0.122 e. The Morgan fingerprint density at radius 3 is 2.95 bits per heavy atom. The largest absolute Gasteiger partial charge is 0.493 e. The van der Waals surface area contributed by atoms with E-state index in [0.29, 0.717) is 5.92 Å². The maximum atomic E-state index is 10.6. The second-order valence-corrected chi connectivity index (χ2v) is 6.24. The van der Waals surface area contributed by atoms with Gasteiger partial charge in [0.05, 0.1) is 18.3 Å². The first-order valence-electron chi connectivity index (χ1n) is 7.73. The van der Waals surface area contributed by atoms with Gasteiger partial charge in [-0.2, -0.15) is 0 Å². The van der Waals surface area contributed by atoms with Crippen molar-refractivity contribution in [2.45, 2.75) is 56.7 Å². The molecule has 0 saturated carbocycles. The fourth-order valence-corrected chi connectivity index (χ4v) is 3.40. The molecule has 1 saturated heterocycles. The van der Waals surface area contributed by atoms with Crippen LogP contribution in [0.1, 0.15) is 50.5 Å². The Kier molecular flexibility index (Phi) is 3.99. The Morgan fingerprint density at radius 1 is 1.30 bits per heavy atom. The van der Waals surface area contributed by atoms with Gasteiger partial charge in [-0.15, -0.1) is 0 Å². The summed E-state index contributed by atoms with van der Waals surface area (Å²) in [6, 6.07) is 8.19. The molecular weight excluding hydrogens is 252 g/mol. The van der Waals surface area contributed by atoms with Crippen molar-refractivity contribution in [2.75, 3.05) is 13.2 Å². The molecule has 0 radical (unpaired) electrons. The van der Waals surface area contributed by atoms with E-state index in [2.05, 4.69) is 13.0 Å². The van der Waals surface area contributed by atoms with E-state index in [0.717, 1.165) is 51.1 Å². The third kappa shape index (κ3) is 2.70. The van der Waals surface area contributed by atoms with Gasteiger partial charge < -0.3 is 14.6 Å². The van der Waals surface area contributed by atoms with Crippen molar-refractivity contribution >= 4 is 0 Å². The number of aliphatic hydroxyl groups is 1. The molecule has 0 bridgehead atoms. The summed E-state index contributed by atoms with van der Waals surface area (Å²) in [5.74, 6) is 1.35. The summed E-state index contributed by atoms with van der Waals surface area (Å²) in [5, 5.41) is 10.6. The zero-order valence-electron chi connectivity index (χ0n) is 12.2. The second-order valence-electron chi connectivity index (χ2n) is 6.24. The molecule has 0 aliphatic carbocycles. The Labute approximate surface area is 120 Å². The minimum Gasteiger partial charge on any atom is -0.493 e. The molecule has 20 heavy (non-hydrogen) atoms. The van der Waals surface area contributed by atoms with Gasteiger partial charge in [-0.25, -0.2) is 0 Å². The molecule has 0 spiro atoms. The average molecular weight is 276 g/mol. The van der Waals surface area contributed by atoms with Crippen LogP contribution in [0.4, 0.5) is 0 Å². The lowest BCUT2D eigenvalue weighted by Gasteiger charge is -2.40. The van der Waals surface area contributed by atoms with Crippen LogP contribution in [-0.2, 0) is 4.74 Å². The molecule has 0 amide bonds. The SMILES string of the molecule is CC1(C(O)CC2CCOc3ccccc32)CCCCO1. The summed E-state index contributed by atoms with van der Waals surface area (Å²) in [6.07, 6.45) is 4.55. The number of aliphatic hydroxyl groups excluding tert-OH is 1. The summed E-state index contributed by atoms with van der Waals surface area (Å²) >= 11 is 0. The van der Waals surface area contributed by atoms with E-state index < -0.39 is 6.10 Å². The van der Waals surface area contributed by atoms with Gasteiger partial charge in [0.25, 0.3) is 0 Å². The molecule has 3 atom stereocenters. The summed E-state index contributed by atoms with van der Waals surface area (Å²) in [4.78, 5) is 0. The lowest BCUT2D eigenvalue weighted by molar-refractivity contribution is -0.140. The first-order chi connectivity index (χ1) is 9.69. The van der Waals surface area contributed by atoms with E-state index in [9.17, 15) is 5.11 Å². The van der Waals surface area contributed by atoms with Crippen molar-refractivity contribution in [3.8, 4) is 5.75 Å². The fraction of sp³-hybridized carbons (Fsp3) is 0.647. The zero-order valence-corrected chi connectivity index (χ0v) is 12.2. The predicted octanol–water partition coefficient (Wildman–Crippen LogP) is 3.26. The summed E-state index contributed by atoms with van der Waals surface area (Å²) in [7, 11) is 0. The molecule has 1 N–H and O–H groups in total. The number of benzene rings is 1. The molecule has 1 aromatic rings. The van der Waals surface area contributed by atoms with Crippen molar-refractivity contribution in [3.05, 3.63) is 29.8 Å². The summed E-state index contributed by atoms with van der Waals surface area (Å²) in [5.41, 5.74) is 0.864. The van der Waals surface area contributed by atoms with E-state index in [4.69, 9.17) is 9.47 Å². The number of hydrogen-bond donors (Lipinski definition) is 1. The van der Waals surface area contributed by atoms with Gasteiger partial charge in [0.1, 0.15) is 5.75 Å². The molecule has 1 fully saturated rings. The van der Waals surface area contributed by atoms with Crippen molar-refractivity contribution < 1.29 is 14.6 Å². The average Bonchev–Trinajstić information content (AvgIpc) is 2.48. The summed E-state index contributed by atoms with van der Waals surface area (Å²) in [6.45, 7) is 3.58. The van der Waals surface area contributed by atoms with E-state index in [1.807, 2.05) is 18.2 Å². The first kappa shape index (κ1) is 13.9. The van der Waals surface area contributed by atoms with Gasteiger partial charge in [0, 0.05) is 6.61 Å². The molecule has 3 nitrogen and oxygen atoms in total. The maximum Gasteiger partial charge on any atom is 0.122 e. The van der Waals surface area contributed by atoms with E-state index in [1.165, 1.54) is 5.56 Å². The lowest BCUT2D eigenvalue weighted by atomic mass is 9.81. The lowest BCUT2D eigenvalue weighted by Crippen LogP contribution is -2.45. The highest BCUT2D eigenvalue weighted by molar-refractivity contribution is 5.37. The Hall–Kier alpha value is -1.06. The third-order valence-electron chi connectivity index (χ3n) is 4.79. The van der Waals surface area contributed by atoms with Crippen LogP contribution in [0, 0.1) is 0 Å². The molecular formula is C17H24O3. The Balaban J connectivity index is 1.72. The molecule has 2 aliphatic heterocycles. The van der Waals surface area contributed by atoms with Gasteiger partial charge in [-0.1, -0.05) is 18.2 Å². The van der Waals surface area contributed by atoms with Crippen LogP contribution in [0.5, 0.6) is 5.75 Å². The van der Waals surface area contributed by atoms with Crippen LogP contribution in [0.15, 0.2) is 24.3 Å². The predicted molar refractivity (Wildman–Crippen MR) is 78.1 cm³/mol. The van der Waals surface area contributed by atoms with Crippen molar-refractivity contribution in [1.29, 1.82) is 0 Å². The monoisotopic (exact) mass is 276 g/mol. The third-order valence-corrected chi connectivity index (χ3v) is 4.79. The molecule has 0 aromatic heterocycles. The number of rotatable bonds is 3. The Bertz CT molecular complexity index is 451. The number of fused-ring (bicyclic) bond motifs is 1. The van der Waals surface area contributed by atoms with E-state index >= 15 is 0 Å². The van der Waals surface area contributed by atoms with Crippen LogP contribution in [-0.4, -0.2) is 30.0 Å². The van der Waals surface area contributed by atoms with Crippen molar-refractivity contribution in [1.82, 2.24) is 0 Å².